The normalized spacial score (nSPS) is 11.4. The van der Waals surface area contributed by atoms with Gasteiger partial charge in [-0.25, -0.2) is 4.57 Å². The molecule has 0 bridgehead atoms. The summed E-state index contributed by atoms with van der Waals surface area (Å²) < 4.78 is 26.6. The van der Waals surface area contributed by atoms with Crippen LogP contribution in [-0.4, -0.2) is 32.0 Å². The first-order valence-electron chi connectivity index (χ1n) is 5.18. The summed E-state index contributed by atoms with van der Waals surface area (Å²) in [5, 5.41) is 0. The first kappa shape index (κ1) is 16.0. The van der Waals surface area contributed by atoms with E-state index in [0.29, 0.717) is 31.8 Å². The van der Waals surface area contributed by atoms with Crippen LogP contribution in [0.25, 0.3) is 0 Å². The molecule has 0 rings (SSSR count). The third-order valence-electron chi connectivity index (χ3n) is 1.58. The van der Waals surface area contributed by atoms with Crippen LogP contribution < -0.4 is 0 Å². The Morgan fingerprint density at radius 1 is 1.25 bits per heavy atom. The lowest BCUT2D eigenvalue weighted by molar-refractivity contribution is -0.140. The summed E-state index contributed by atoms with van der Waals surface area (Å²) in [6.45, 7) is 1.20. The number of carbonyl (C=O) groups excluding carboxylic acids is 1. The quantitative estimate of drug-likeness (QED) is 0.365. The Kier molecular flexibility index (Phi) is 9.03. The second-order valence-corrected chi connectivity index (χ2v) is 6.99. The minimum atomic E-state index is -3.02. The molecule has 0 aliphatic carbocycles. The third kappa shape index (κ3) is 7.28. The number of hydrogen-bond acceptors (Lipinski definition) is 6. The van der Waals surface area contributed by atoms with Crippen LogP contribution in [0.2, 0.25) is 0 Å². The van der Waals surface area contributed by atoms with Gasteiger partial charge in [0, 0.05) is 12.2 Å². The molecular formula is C9H19O5PS. The molecule has 0 heterocycles. The van der Waals surface area contributed by atoms with Crippen LogP contribution >= 0.6 is 18.2 Å². The summed E-state index contributed by atoms with van der Waals surface area (Å²) >= 11 is 1.13. The lowest BCUT2D eigenvalue weighted by Crippen LogP contribution is -2.00. The summed E-state index contributed by atoms with van der Waals surface area (Å²) in [6.07, 6.45) is 0.920. The van der Waals surface area contributed by atoms with Gasteiger partial charge in [0.05, 0.1) is 20.3 Å². The Bertz CT molecular complexity index is 236. The van der Waals surface area contributed by atoms with Crippen molar-refractivity contribution < 1.29 is 23.1 Å². The lowest BCUT2D eigenvalue weighted by atomic mass is 10.3. The molecule has 96 valence electrons. The summed E-state index contributed by atoms with van der Waals surface area (Å²) in [4.78, 5) is 10.8. The van der Waals surface area contributed by atoms with Crippen LogP contribution in [0, 0.1) is 0 Å². The smallest absolute Gasteiger partial charge is 0.389 e. The molecule has 5 nitrogen and oxygen atoms in total. The molecule has 0 amide bonds. The van der Waals surface area contributed by atoms with E-state index in [-0.39, 0.29) is 5.97 Å². The molecule has 0 aromatic rings. The summed E-state index contributed by atoms with van der Waals surface area (Å²) in [5.41, 5.74) is 0. The van der Waals surface area contributed by atoms with Crippen LogP contribution in [0.3, 0.4) is 0 Å². The van der Waals surface area contributed by atoms with Gasteiger partial charge >= 0.3 is 12.8 Å². The fourth-order valence-electron chi connectivity index (χ4n) is 0.923. The highest BCUT2D eigenvalue weighted by atomic mass is 32.7. The molecule has 16 heavy (non-hydrogen) atoms. The Morgan fingerprint density at radius 2 is 1.81 bits per heavy atom. The van der Waals surface area contributed by atoms with E-state index in [0.717, 1.165) is 11.4 Å². The number of carbonyl (C=O) groups is 1. The lowest BCUT2D eigenvalue weighted by Gasteiger charge is -2.15. The fraction of sp³-hybridized carbons (Fsp3) is 0.889. The van der Waals surface area contributed by atoms with Crippen LogP contribution in [0.5, 0.6) is 0 Å². The van der Waals surface area contributed by atoms with Crippen molar-refractivity contribution in [2.45, 2.75) is 26.7 Å². The van der Waals surface area contributed by atoms with Gasteiger partial charge < -0.3 is 13.8 Å². The molecule has 0 fully saturated rings. The van der Waals surface area contributed by atoms with E-state index in [1.165, 1.54) is 7.11 Å². The Labute approximate surface area is 100 Å². The van der Waals surface area contributed by atoms with Crippen molar-refractivity contribution in [1.29, 1.82) is 0 Å². The van der Waals surface area contributed by atoms with E-state index >= 15 is 0 Å². The largest absolute Gasteiger partial charge is 0.469 e. The van der Waals surface area contributed by atoms with Crippen molar-refractivity contribution in [3.8, 4) is 0 Å². The zero-order valence-corrected chi connectivity index (χ0v) is 11.6. The standard InChI is InChI=1S/C9H19O5PS/c1-4-13-15(11,14-5-2)16-8-6-7-9(10)12-3/h4-8H2,1-3H3. The second-order valence-electron chi connectivity index (χ2n) is 2.80. The minimum absolute atomic E-state index is 0.261. The summed E-state index contributed by atoms with van der Waals surface area (Å²) in [7, 11) is 1.35. The van der Waals surface area contributed by atoms with Gasteiger partial charge in [-0.2, -0.15) is 0 Å². The van der Waals surface area contributed by atoms with Gasteiger partial charge in [-0.15, -0.1) is 0 Å². The molecule has 0 aliphatic rings. The second kappa shape index (κ2) is 9.05. The van der Waals surface area contributed by atoms with Gasteiger partial charge in [-0.1, -0.05) is 0 Å². The predicted octanol–water partition coefficient (Wildman–Crippen LogP) is 2.85. The van der Waals surface area contributed by atoms with Gasteiger partial charge in [0.1, 0.15) is 0 Å². The third-order valence-corrected chi connectivity index (χ3v) is 5.64. The SMILES string of the molecule is CCOP(=O)(OCC)SCCCC(=O)OC. The van der Waals surface area contributed by atoms with Crippen molar-refractivity contribution in [2.75, 3.05) is 26.1 Å². The summed E-state index contributed by atoms with van der Waals surface area (Å²) in [6, 6.07) is 0. The Morgan fingerprint density at radius 3 is 2.25 bits per heavy atom. The molecule has 0 aromatic carbocycles. The molecule has 0 spiro atoms. The zero-order valence-electron chi connectivity index (χ0n) is 9.93. The topological polar surface area (TPSA) is 61.8 Å². The van der Waals surface area contributed by atoms with E-state index < -0.39 is 6.80 Å². The Balaban J connectivity index is 3.85. The van der Waals surface area contributed by atoms with E-state index in [1.54, 1.807) is 13.8 Å². The van der Waals surface area contributed by atoms with Crippen LogP contribution in [0.4, 0.5) is 0 Å². The predicted molar refractivity (Wildman–Crippen MR) is 64.6 cm³/mol. The maximum absolute atomic E-state index is 11.9. The molecular weight excluding hydrogens is 251 g/mol. The first-order valence-corrected chi connectivity index (χ1v) is 8.31. The Hall–Kier alpha value is -0.0300. The monoisotopic (exact) mass is 270 g/mol. The molecule has 0 atom stereocenters. The molecule has 0 aromatic heterocycles. The number of ether oxygens (including phenoxy) is 1. The van der Waals surface area contributed by atoms with Crippen LogP contribution in [0.15, 0.2) is 0 Å². The number of methoxy groups -OCH3 is 1. The highest BCUT2D eigenvalue weighted by Gasteiger charge is 2.23. The number of esters is 1. The highest BCUT2D eigenvalue weighted by molar-refractivity contribution is 8.55. The number of rotatable bonds is 9. The number of hydrogen-bond donors (Lipinski definition) is 0. The van der Waals surface area contributed by atoms with Gasteiger partial charge in [0.15, 0.2) is 0 Å². The van der Waals surface area contributed by atoms with E-state index in [1.807, 2.05) is 0 Å². The van der Waals surface area contributed by atoms with Crippen molar-refractivity contribution >= 4 is 24.1 Å². The maximum Gasteiger partial charge on any atom is 0.389 e. The molecule has 7 heteroatoms. The van der Waals surface area contributed by atoms with Crippen molar-refractivity contribution in [2.24, 2.45) is 0 Å². The van der Waals surface area contributed by atoms with E-state index in [9.17, 15) is 9.36 Å². The highest BCUT2D eigenvalue weighted by Crippen LogP contribution is 2.60. The molecule has 0 saturated carbocycles. The van der Waals surface area contributed by atoms with E-state index in [4.69, 9.17) is 9.05 Å². The average Bonchev–Trinajstić information content (AvgIpc) is 2.25. The van der Waals surface area contributed by atoms with Crippen LogP contribution in [0.1, 0.15) is 26.7 Å². The van der Waals surface area contributed by atoms with Crippen molar-refractivity contribution in [3.63, 3.8) is 0 Å². The molecule has 0 aliphatic heterocycles. The molecule has 0 unspecified atom stereocenters. The van der Waals surface area contributed by atoms with Crippen molar-refractivity contribution in [1.82, 2.24) is 0 Å². The minimum Gasteiger partial charge on any atom is -0.469 e. The fourth-order valence-corrected chi connectivity index (χ4v) is 4.41. The zero-order chi connectivity index (χ0) is 12.4. The molecule has 0 saturated heterocycles. The molecule has 0 radical (unpaired) electrons. The average molecular weight is 270 g/mol. The van der Waals surface area contributed by atoms with E-state index in [2.05, 4.69) is 4.74 Å². The maximum atomic E-state index is 11.9. The van der Waals surface area contributed by atoms with Gasteiger partial charge in [-0.3, -0.25) is 4.79 Å². The van der Waals surface area contributed by atoms with Gasteiger partial charge in [-0.05, 0) is 31.7 Å². The molecule has 0 N–H and O–H groups in total. The summed E-state index contributed by atoms with van der Waals surface area (Å²) in [5.74, 6) is 0.287. The van der Waals surface area contributed by atoms with Gasteiger partial charge in [0.25, 0.3) is 0 Å². The van der Waals surface area contributed by atoms with Gasteiger partial charge in [0.2, 0.25) is 0 Å². The van der Waals surface area contributed by atoms with Crippen LogP contribution in [-0.2, 0) is 23.1 Å². The van der Waals surface area contributed by atoms with Crippen molar-refractivity contribution in [3.05, 3.63) is 0 Å². The first-order chi connectivity index (χ1) is 7.58.